The fraction of sp³-hybridized carbons (Fsp3) is 0.0714. The third-order valence-corrected chi connectivity index (χ3v) is 3.78. The summed E-state index contributed by atoms with van der Waals surface area (Å²) < 4.78 is 0.759. The maximum Gasteiger partial charge on any atom is 0.261 e. The van der Waals surface area contributed by atoms with Crippen LogP contribution in [-0.4, -0.2) is 21.7 Å². The van der Waals surface area contributed by atoms with Crippen LogP contribution >= 0.6 is 15.9 Å². The number of amides is 2. The number of hydrazine groups is 1. The summed E-state index contributed by atoms with van der Waals surface area (Å²) >= 11 is 3.30. The number of imide groups is 1. The number of rotatable bonds is 3. The van der Waals surface area contributed by atoms with E-state index in [-0.39, 0.29) is 18.4 Å². The highest BCUT2D eigenvalue weighted by Gasteiger charge is 2.35. The van der Waals surface area contributed by atoms with Crippen molar-refractivity contribution in [2.45, 2.75) is 6.54 Å². The van der Waals surface area contributed by atoms with Crippen LogP contribution in [0.15, 0.2) is 41.0 Å². The van der Waals surface area contributed by atoms with E-state index in [0.717, 1.165) is 4.47 Å². The Bertz CT molecular complexity index is 748. The second-order valence-electron chi connectivity index (χ2n) is 4.54. The average Bonchev–Trinajstić information content (AvgIpc) is 2.72. The first-order valence-electron chi connectivity index (χ1n) is 6.18. The molecule has 0 saturated heterocycles. The molecule has 0 radical (unpaired) electrons. The van der Waals surface area contributed by atoms with E-state index >= 15 is 0 Å². The quantitative estimate of drug-likeness (QED) is 0.503. The topological polar surface area (TPSA) is 88.3 Å². The molecule has 0 aliphatic carbocycles. The van der Waals surface area contributed by atoms with Crippen LogP contribution in [0.1, 0.15) is 26.3 Å². The fourth-order valence-electron chi connectivity index (χ4n) is 2.27. The third kappa shape index (κ3) is 2.30. The molecule has 0 atom stereocenters. The Labute approximate surface area is 129 Å². The molecule has 1 aromatic carbocycles. The number of nitrogens with two attached hydrogens (primary N) is 1. The zero-order valence-electron chi connectivity index (χ0n) is 10.8. The number of nitrogens with one attached hydrogen (secondary N) is 1. The van der Waals surface area contributed by atoms with Crippen LogP contribution < -0.4 is 11.3 Å². The SMILES string of the molecule is NNc1ncccc1CN1C(=O)c2ccc(Br)cc2C1=O. The second kappa shape index (κ2) is 5.27. The van der Waals surface area contributed by atoms with Gasteiger partial charge in [0.25, 0.3) is 11.8 Å². The highest BCUT2D eigenvalue weighted by atomic mass is 79.9. The third-order valence-electron chi connectivity index (χ3n) is 3.29. The zero-order valence-corrected chi connectivity index (χ0v) is 12.4. The summed E-state index contributed by atoms with van der Waals surface area (Å²) in [7, 11) is 0. The Kier molecular flexibility index (Phi) is 3.44. The van der Waals surface area contributed by atoms with Gasteiger partial charge in [0.05, 0.1) is 17.7 Å². The Morgan fingerprint density at radius 2 is 1.95 bits per heavy atom. The van der Waals surface area contributed by atoms with Crippen molar-refractivity contribution in [1.29, 1.82) is 0 Å². The van der Waals surface area contributed by atoms with Crippen LogP contribution in [0.5, 0.6) is 0 Å². The van der Waals surface area contributed by atoms with Crippen LogP contribution in [-0.2, 0) is 6.54 Å². The largest absolute Gasteiger partial charge is 0.308 e. The number of nitrogens with zero attached hydrogens (tertiary/aromatic N) is 2. The van der Waals surface area contributed by atoms with Crippen LogP contribution in [0.25, 0.3) is 0 Å². The van der Waals surface area contributed by atoms with E-state index in [4.69, 9.17) is 5.84 Å². The van der Waals surface area contributed by atoms with E-state index in [1.807, 2.05) is 0 Å². The molecule has 7 heteroatoms. The Hall–Kier alpha value is -2.25. The molecule has 0 unspecified atom stereocenters. The lowest BCUT2D eigenvalue weighted by molar-refractivity contribution is 0.0642. The number of halogens is 1. The van der Waals surface area contributed by atoms with E-state index in [2.05, 4.69) is 26.3 Å². The van der Waals surface area contributed by atoms with Gasteiger partial charge in [-0.15, -0.1) is 0 Å². The molecule has 3 N–H and O–H groups in total. The Morgan fingerprint density at radius 1 is 1.19 bits per heavy atom. The molecule has 3 rings (SSSR count). The molecule has 0 fully saturated rings. The van der Waals surface area contributed by atoms with Crippen molar-refractivity contribution < 1.29 is 9.59 Å². The van der Waals surface area contributed by atoms with Gasteiger partial charge < -0.3 is 5.43 Å². The van der Waals surface area contributed by atoms with Gasteiger partial charge in [0, 0.05) is 16.2 Å². The molecule has 1 aromatic heterocycles. The summed E-state index contributed by atoms with van der Waals surface area (Å²) in [6.07, 6.45) is 1.58. The van der Waals surface area contributed by atoms with Crippen LogP contribution in [0.3, 0.4) is 0 Å². The number of benzene rings is 1. The minimum atomic E-state index is -0.317. The highest BCUT2D eigenvalue weighted by molar-refractivity contribution is 9.10. The molecule has 2 amide bonds. The summed E-state index contributed by atoms with van der Waals surface area (Å²) in [5, 5.41) is 0. The van der Waals surface area contributed by atoms with Crippen LogP contribution in [0.2, 0.25) is 0 Å². The molecule has 21 heavy (non-hydrogen) atoms. The predicted octanol–water partition coefficient (Wildman–Crippen LogP) is 1.93. The summed E-state index contributed by atoms with van der Waals surface area (Å²) in [4.78, 5) is 30.0. The van der Waals surface area contributed by atoms with E-state index in [1.165, 1.54) is 4.90 Å². The lowest BCUT2D eigenvalue weighted by Gasteiger charge is -2.15. The van der Waals surface area contributed by atoms with E-state index in [9.17, 15) is 9.59 Å². The standard InChI is InChI=1S/C14H11BrN4O2/c15-9-3-4-10-11(6-9)14(21)19(13(10)20)7-8-2-1-5-17-12(8)18-16/h1-6H,7,16H2,(H,17,18). The molecule has 0 spiro atoms. The Morgan fingerprint density at radius 3 is 2.71 bits per heavy atom. The summed E-state index contributed by atoms with van der Waals surface area (Å²) in [6, 6.07) is 8.53. The minimum Gasteiger partial charge on any atom is -0.308 e. The molecule has 2 aromatic rings. The molecule has 106 valence electrons. The number of nitrogen functional groups attached to an aromatic ring is 1. The number of pyridine rings is 1. The molecule has 2 heterocycles. The normalized spacial score (nSPS) is 13.5. The maximum atomic E-state index is 12.4. The number of hydrogen-bond donors (Lipinski definition) is 2. The van der Waals surface area contributed by atoms with Crippen molar-refractivity contribution in [3.8, 4) is 0 Å². The number of anilines is 1. The number of carbonyl (C=O) groups excluding carboxylic acids is 2. The van der Waals surface area contributed by atoms with Gasteiger partial charge in [0.15, 0.2) is 0 Å². The van der Waals surface area contributed by atoms with Crippen molar-refractivity contribution in [2.24, 2.45) is 5.84 Å². The zero-order chi connectivity index (χ0) is 15.0. The molecule has 1 aliphatic heterocycles. The molecular weight excluding hydrogens is 336 g/mol. The average molecular weight is 347 g/mol. The van der Waals surface area contributed by atoms with Gasteiger partial charge in [0.1, 0.15) is 5.82 Å². The molecule has 0 saturated carbocycles. The fourth-order valence-corrected chi connectivity index (χ4v) is 2.63. The maximum absolute atomic E-state index is 12.4. The number of fused-ring (bicyclic) bond motifs is 1. The number of carbonyl (C=O) groups is 2. The van der Waals surface area contributed by atoms with Crippen molar-refractivity contribution in [1.82, 2.24) is 9.88 Å². The van der Waals surface area contributed by atoms with Crippen molar-refractivity contribution in [2.75, 3.05) is 5.43 Å². The first-order valence-corrected chi connectivity index (χ1v) is 6.97. The lowest BCUT2D eigenvalue weighted by Crippen LogP contribution is -2.29. The van der Waals surface area contributed by atoms with Crippen molar-refractivity contribution in [3.05, 3.63) is 57.7 Å². The smallest absolute Gasteiger partial charge is 0.261 e. The minimum absolute atomic E-state index is 0.122. The number of aromatic nitrogens is 1. The van der Waals surface area contributed by atoms with Crippen LogP contribution in [0.4, 0.5) is 5.82 Å². The van der Waals surface area contributed by atoms with E-state index in [1.54, 1.807) is 36.5 Å². The van der Waals surface area contributed by atoms with E-state index in [0.29, 0.717) is 22.5 Å². The van der Waals surface area contributed by atoms with Gasteiger partial charge in [-0.05, 0) is 24.3 Å². The van der Waals surface area contributed by atoms with Gasteiger partial charge in [-0.2, -0.15) is 0 Å². The first kappa shape index (κ1) is 13.7. The van der Waals surface area contributed by atoms with Crippen molar-refractivity contribution in [3.63, 3.8) is 0 Å². The summed E-state index contributed by atoms with van der Waals surface area (Å²) in [5.74, 6) is 5.20. The van der Waals surface area contributed by atoms with Crippen molar-refractivity contribution >= 4 is 33.6 Å². The predicted molar refractivity (Wildman–Crippen MR) is 80.4 cm³/mol. The Balaban J connectivity index is 1.95. The second-order valence-corrected chi connectivity index (χ2v) is 5.46. The van der Waals surface area contributed by atoms with E-state index < -0.39 is 0 Å². The molecule has 1 aliphatic rings. The van der Waals surface area contributed by atoms with Gasteiger partial charge in [-0.25, -0.2) is 10.8 Å². The van der Waals surface area contributed by atoms with Gasteiger partial charge in [-0.3, -0.25) is 14.5 Å². The molecular formula is C14H11BrN4O2. The monoisotopic (exact) mass is 346 g/mol. The number of hydrogen-bond acceptors (Lipinski definition) is 5. The van der Waals surface area contributed by atoms with Gasteiger partial charge >= 0.3 is 0 Å². The van der Waals surface area contributed by atoms with Gasteiger partial charge in [-0.1, -0.05) is 22.0 Å². The van der Waals surface area contributed by atoms with Crippen LogP contribution in [0, 0.1) is 0 Å². The molecule has 6 nitrogen and oxygen atoms in total. The lowest BCUT2D eigenvalue weighted by atomic mass is 10.1. The summed E-state index contributed by atoms with van der Waals surface area (Å²) in [6.45, 7) is 0.122. The first-order chi connectivity index (χ1) is 10.1. The molecule has 0 bridgehead atoms. The highest BCUT2D eigenvalue weighted by Crippen LogP contribution is 2.28. The summed E-state index contributed by atoms with van der Waals surface area (Å²) in [5.41, 5.74) is 3.95. The van der Waals surface area contributed by atoms with Gasteiger partial charge in [0.2, 0.25) is 0 Å².